The fraction of sp³-hybridized carbons (Fsp3) is 0.762. The van der Waals surface area contributed by atoms with Gasteiger partial charge in [-0.25, -0.2) is 14.5 Å². The van der Waals surface area contributed by atoms with Gasteiger partial charge in [0.15, 0.2) is 0 Å². The molecule has 2 fully saturated rings. The molecular weight excluding hydrogens is 360 g/mol. The Bertz CT molecular complexity index is 636. The maximum Gasteiger partial charge on any atom is 0.417 e. The zero-order chi connectivity index (χ0) is 21.3. The number of hydrogen-bond acceptors (Lipinski definition) is 5. The summed E-state index contributed by atoms with van der Waals surface area (Å²) in [5.74, 6) is -0.529. The molecule has 0 N–H and O–H groups in total. The highest BCUT2D eigenvalue weighted by Gasteiger charge is 2.55. The van der Waals surface area contributed by atoms with Gasteiger partial charge in [-0.05, 0) is 60.8 Å². The Kier molecular flexibility index (Phi) is 6.16. The normalized spacial score (nSPS) is 22.4. The van der Waals surface area contributed by atoms with Crippen LogP contribution in [0.15, 0.2) is 12.7 Å². The van der Waals surface area contributed by atoms with Gasteiger partial charge in [0.2, 0.25) is 5.91 Å². The van der Waals surface area contributed by atoms with Crippen molar-refractivity contribution in [3.05, 3.63) is 12.7 Å². The molecule has 2 heterocycles. The van der Waals surface area contributed by atoms with E-state index in [9.17, 15) is 14.4 Å². The van der Waals surface area contributed by atoms with Crippen LogP contribution in [-0.4, -0.2) is 58.7 Å². The molecule has 0 aromatic heterocycles. The molecule has 158 valence electrons. The van der Waals surface area contributed by atoms with Gasteiger partial charge in [-0.3, -0.25) is 4.79 Å². The largest absolute Gasteiger partial charge is 0.444 e. The van der Waals surface area contributed by atoms with Gasteiger partial charge in [0.05, 0.1) is 0 Å². The summed E-state index contributed by atoms with van der Waals surface area (Å²) in [6.45, 7) is 15.9. The third-order valence-electron chi connectivity index (χ3n) is 5.20. The van der Waals surface area contributed by atoms with E-state index in [1.165, 1.54) is 4.90 Å². The summed E-state index contributed by atoms with van der Waals surface area (Å²) in [5.41, 5.74) is -1.57. The Morgan fingerprint density at radius 1 is 1.07 bits per heavy atom. The zero-order valence-electron chi connectivity index (χ0n) is 18.0. The van der Waals surface area contributed by atoms with Crippen molar-refractivity contribution in [3.63, 3.8) is 0 Å². The number of carbonyl (C=O) groups is 3. The minimum absolute atomic E-state index is 0.208. The van der Waals surface area contributed by atoms with Crippen molar-refractivity contribution in [1.82, 2.24) is 9.80 Å². The van der Waals surface area contributed by atoms with Crippen LogP contribution in [0.3, 0.4) is 0 Å². The van der Waals surface area contributed by atoms with Crippen molar-refractivity contribution in [1.29, 1.82) is 0 Å². The predicted molar refractivity (Wildman–Crippen MR) is 106 cm³/mol. The van der Waals surface area contributed by atoms with E-state index in [-0.39, 0.29) is 23.3 Å². The van der Waals surface area contributed by atoms with E-state index < -0.39 is 17.3 Å². The van der Waals surface area contributed by atoms with Gasteiger partial charge in [-0.2, -0.15) is 0 Å². The Morgan fingerprint density at radius 3 is 2.04 bits per heavy atom. The molecule has 0 radical (unpaired) electrons. The van der Waals surface area contributed by atoms with Crippen molar-refractivity contribution in [2.24, 2.45) is 11.3 Å². The first-order chi connectivity index (χ1) is 12.8. The second-order valence-corrected chi connectivity index (χ2v) is 9.81. The molecule has 1 spiro atoms. The molecule has 0 aromatic rings. The lowest BCUT2D eigenvalue weighted by molar-refractivity contribution is -0.131. The van der Waals surface area contributed by atoms with Crippen LogP contribution in [0.2, 0.25) is 0 Å². The fourth-order valence-corrected chi connectivity index (χ4v) is 3.91. The first-order valence-electron chi connectivity index (χ1n) is 9.91. The van der Waals surface area contributed by atoms with Crippen molar-refractivity contribution in [3.8, 4) is 0 Å². The molecule has 1 atom stereocenters. The summed E-state index contributed by atoms with van der Waals surface area (Å²) in [5, 5.41) is 0. The number of ether oxygens (including phenoxy) is 2. The van der Waals surface area contributed by atoms with Crippen LogP contribution in [0.1, 0.15) is 60.8 Å². The lowest BCUT2D eigenvalue weighted by atomic mass is 9.69. The van der Waals surface area contributed by atoms with Crippen molar-refractivity contribution >= 4 is 18.1 Å². The Hall–Kier alpha value is -2.05. The van der Waals surface area contributed by atoms with E-state index in [2.05, 4.69) is 6.58 Å². The standard InChI is InChI=1S/C21H34N2O5/c1-8-9-15-16(24)23(18(26)28-20(5,6)7)14-21(15)10-12-22(13-11-21)17(25)27-19(2,3)4/h8,15H,1,9-14H2,2-7H3/t15-/m0/s1. The molecule has 7 nitrogen and oxygen atoms in total. The van der Waals surface area contributed by atoms with Crippen LogP contribution >= 0.6 is 0 Å². The van der Waals surface area contributed by atoms with Gasteiger partial charge in [-0.15, -0.1) is 6.58 Å². The molecule has 0 unspecified atom stereocenters. The number of carbonyl (C=O) groups excluding carboxylic acids is 3. The molecule has 2 rings (SSSR count). The molecule has 0 bridgehead atoms. The van der Waals surface area contributed by atoms with Crippen LogP contribution in [0, 0.1) is 11.3 Å². The van der Waals surface area contributed by atoms with E-state index in [1.54, 1.807) is 31.7 Å². The van der Waals surface area contributed by atoms with Gasteiger partial charge < -0.3 is 14.4 Å². The number of allylic oxidation sites excluding steroid dienone is 1. The maximum absolute atomic E-state index is 13.0. The average Bonchev–Trinajstić information content (AvgIpc) is 2.79. The van der Waals surface area contributed by atoms with Gasteiger partial charge in [0.25, 0.3) is 0 Å². The number of hydrogen-bond donors (Lipinski definition) is 0. The lowest BCUT2D eigenvalue weighted by Gasteiger charge is -2.41. The van der Waals surface area contributed by atoms with Crippen LogP contribution < -0.4 is 0 Å². The molecule has 7 heteroatoms. The van der Waals surface area contributed by atoms with E-state index >= 15 is 0 Å². The summed E-state index contributed by atoms with van der Waals surface area (Å²) >= 11 is 0. The molecule has 28 heavy (non-hydrogen) atoms. The minimum atomic E-state index is -0.666. The number of piperidine rings is 1. The molecule has 3 amide bonds. The summed E-state index contributed by atoms with van der Waals surface area (Å²) in [6, 6.07) is 0. The van der Waals surface area contributed by atoms with Crippen LogP contribution in [0.4, 0.5) is 9.59 Å². The highest BCUT2D eigenvalue weighted by Crippen LogP contribution is 2.47. The number of imide groups is 1. The summed E-state index contributed by atoms with van der Waals surface area (Å²) < 4.78 is 10.9. The fourth-order valence-electron chi connectivity index (χ4n) is 3.91. The number of likely N-dealkylation sites (tertiary alicyclic amines) is 2. The Labute approximate surface area is 168 Å². The number of amides is 3. The van der Waals surface area contributed by atoms with Crippen LogP contribution in [0.25, 0.3) is 0 Å². The monoisotopic (exact) mass is 394 g/mol. The van der Waals surface area contributed by atoms with Gasteiger partial charge in [0.1, 0.15) is 11.2 Å². The van der Waals surface area contributed by atoms with Gasteiger partial charge in [-0.1, -0.05) is 6.08 Å². The summed E-state index contributed by atoms with van der Waals surface area (Å²) in [7, 11) is 0. The minimum Gasteiger partial charge on any atom is -0.444 e. The van der Waals surface area contributed by atoms with Crippen LogP contribution in [0.5, 0.6) is 0 Å². The second-order valence-electron chi connectivity index (χ2n) is 9.81. The summed E-state index contributed by atoms with van der Waals surface area (Å²) in [4.78, 5) is 40.8. The highest BCUT2D eigenvalue weighted by atomic mass is 16.6. The van der Waals surface area contributed by atoms with Crippen molar-refractivity contribution < 1.29 is 23.9 Å². The third kappa shape index (κ3) is 5.06. The first-order valence-corrected chi connectivity index (χ1v) is 9.91. The Morgan fingerprint density at radius 2 is 1.57 bits per heavy atom. The molecule has 2 aliphatic rings. The predicted octanol–water partition coefficient (Wildman–Crippen LogP) is 3.97. The molecule has 0 saturated carbocycles. The van der Waals surface area contributed by atoms with E-state index in [0.717, 1.165) is 0 Å². The Balaban J connectivity index is 2.13. The van der Waals surface area contributed by atoms with E-state index in [0.29, 0.717) is 38.9 Å². The average molecular weight is 395 g/mol. The smallest absolute Gasteiger partial charge is 0.417 e. The van der Waals surface area contributed by atoms with E-state index in [4.69, 9.17) is 9.47 Å². The topological polar surface area (TPSA) is 76.2 Å². The first kappa shape index (κ1) is 22.2. The lowest BCUT2D eigenvalue weighted by Crippen LogP contribution is -2.48. The highest BCUT2D eigenvalue weighted by molar-refractivity contribution is 5.96. The quantitative estimate of drug-likeness (QED) is 0.662. The SMILES string of the molecule is C=CC[C@H]1C(=O)N(C(=O)OC(C)(C)C)CC12CCN(C(=O)OC(C)(C)C)CC2. The van der Waals surface area contributed by atoms with Crippen LogP contribution in [-0.2, 0) is 14.3 Å². The zero-order valence-corrected chi connectivity index (χ0v) is 18.0. The number of nitrogens with zero attached hydrogens (tertiary/aromatic N) is 2. The third-order valence-corrected chi connectivity index (χ3v) is 5.20. The van der Waals surface area contributed by atoms with Crippen molar-refractivity contribution in [2.75, 3.05) is 19.6 Å². The summed E-state index contributed by atoms with van der Waals surface area (Å²) in [6.07, 6.45) is 2.56. The molecule has 0 aromatic carbocycles. The number of rotatable bonds is 2. The molecule has 0 aliphatic carbocycles. The van der Waals surface area contributed by atoms with Gasteiger partial charge >= 0.3 is 12.2 Å². The maximum atomic E-state index is 13.0. The van der Waals surface area contributed by atoms with E-state index in [1.807, 2.05) is 20.8 Å². The molecular formula is C21H34N2O5. The van der Waals surface area contributed by atoms with Crippen molar-refractivity contribution in [2.45, 2.75) is 72.0 Å². The molecule has 2 aliphatic heterocycles. The molecule has 2 saturated heterocycles. The van der Waals surface area contributed by atoms with Gasteiger partial charge in [0, 0.05) is 31.0 Å². The second kappa shape index (κ2) is 7.76.